The van der Waals surface area contributed by atoms with E-state index in [9.17, 15) is 8.42 Å². The molecule has 5 nitrogen and oxygen atoms in total. The van der Waals surface area contributed by atoms with E-state index in [1.54, 1.807) is 0 Å². The molecule has 1 unspecified atom stereocenters. The molecule has 1 aliphatic heterocycles. The van der Waals surface area contributed by atoms with Crippen molar-refractivity contribution in [2.45, 2.75) is 56.7 Å². The number of nitrogens with zero attached hydrogens (tertiary/aromatic N) is 1. The van der Waals surface area contributed by atoms with Crippen molar-refractivity contribution in [3.8, 4) is 0 Å². The van der Waals surface area contributed by atoms with Gasteiger partial charge in [0.25, 0.3) is 0 Å². The van der Waals surface area contributed by atoms with Gasteiger partial charge in [0.15, 0.2) is 0 Å². The maximum Gasteiger partial charge on any atom is 0.208 e. The lowest BCUT2D eigenvalue weighted by molar-refractivity contribution is -0.0179. The number of piperidine rings is 1. The third-order valence-corrected chi connectivity index (χ3v) is 7.65. The molecule has 1 aliphatic carbocycles. The van der Waals surface area contributed by atoms with Crippen LogP contribution in [-0.2, 0) is 21.3 Å². The molecule has 0 spiro atoms. The minimum absolute atomic E-state index is 0.0577. The molecule has 0 bridgehead atoms. The van der Waals surface area contributed by atoms with Crippen molar-refractivity contribution in [3.05, 3.63) is 71.8 Å². The summed E-state index contributed by atoms with van der Waals surface area (Å²) < 4.78 is 33.1. The summed E-state index contributed by atoms with van der Waals surface area (Å²) in [5.74, 6) is 0.792. The van der Waals surface area contributed by atoms with E-state index in [2.05, 4.69) is 64.2 Å². The van der Waals surface area contributed by atoms with Gasteiger partial charge in [-0.25, -0.2) is 13.1 Å². The van der Waals surface area contributed by atoms with Gasteiger partial charge in [0, 0.05) is 31.6 Å². The van der Waals surface area contributed by atoms with E-state index in [1.807, 2.05) is 6.07 Å². The van der Waals surface area contributed by atoms with Gasteiger partial charge >= 0.3 is 0 Å². The predicted octanol–water partition coefficient (Wildman–Crippen LogP) is 4.17. The van der Waals surface area contributed by atoms with Crippen LogP contribution in [0, 0.1) is 5.92 Å². The highest BCUT2D eigenvalue weighted by Gasteiger charge is 2.32. The Bertz CT molecular complexity index is 928. The highest BCUT2D eigenvalue weighted by atomic mass is 32.2. The summed E-state index contributed by atoms with van der Waals surface area (Å²) in [7, 11) is -3.24. The average Bonchev–Trinajstić information content (AvgIpc) is 2.80. The molecule has 1 N–H and O–H groups in total. The average molecular weight is 457 g/mol. The minimum atomic E-state index is -3.24. The fraction of sp³-hybridized carbons (Fsp3) is 0.538. The zero-order chi connectivity index (χ0) is 22.4. The SMILES string of the molecule is CS(=O)(=O)N[C@H]1CCN(Cc2ccccc2)CC1COC1CCC(c2ccccc2)CC1. The summed E-state index contributed by atoms with van der Waals surface area (Å²) in [6.45, 7) is 3.24. The molecule has 1 heterocycles. The van der Waals surface area contributed by atoms with E-state index in [-0.39, 0.29) is 18.1 Å². The summed E-state index contributed by atoms with van der Waals surface area (Å²) in [5, 5.41) is 0. The van der Waals surface area contributed by atoms with Gasteiger partial charge in [-0.2, -0.15) is 0 Å². The number of benzene rings is 2. The Morgan fingerprint density at radius 2 is 1.59 bits per heavy atom. The third kappa shape index (κ3) is 6.88. The van der Waals surface area contributed by atoms with E-state index < -0.39 is 10.0 Å². The van der Waals surface area contributed by atoms with Crippen LogP contribution in [0.3, 0.4) is 0 Å². The van der Waals surface area contributed by atoms with Crippen LogP contribution in [0.25, 0.3) is 0 Å². The molecular formula is C26H36N2O3S. The predicted molar refractivity (Wildman–Crippen MR) is 129 cm³/mol. The van der Waals surface area contributed by atoms with Crippen molar-refractivity contribution < 1.29 is 13.2 Å². The summed E-state index contributed by atoms with van der Waals surface area (Å²) >= 11 is 0. The van der Waals surface area contributed by atoms with E-state index in [0.717, 1.165) is 51.7 Å². The van der Waals surface area contributed by atoms with Crippen LogP contribution in [0.4, 0.5) is 0 Å². The lowest BCUT2D eigenvalue weighted by Gasteiger charge is -2.39. The fourth-order valence-electron chi connectivity index (χ4n) is 5.24. The second kappa shape index (κ2) is 10.9. The van der Waals surface area contributed by atoms with Crippen LogP contribution in [0.2, 0.25) is 0 Å². The second-order valence-electron chi connectivity index (χ2n) is 9.48. The van der Waals surface area contributed by atoms with Crippen molar-refractivity contribution in [2.75, 3.05) is 26.0 Å². The molecule has 2 aliphatic rings. The Morgan fingerprint density at radius 1 is 0.938 bits per heavy atom. The van der Waals surface area contributed by atoms with Crippen LogP contribution in [0.15, 0.2) is 60.7 Å². The molecule has 6 heteroatoms. The topological polar surface area (TPSA) is 58.6 Å². The van der Waals surface area contributed by atoms with Gasteiger partial charge in [-0.05, 0) is 49.1 Å². The van der Waals surface area contributed by atoms with E-state index in [1.165, 1.54) is 17.4 Å². The highest BCUT2D eigenvalue weighted by Crippen LogP contribution is 2.34. The Hall–Kier alpha value is -1.73. The van der Waals surface area contributed by atoms with Crippen LogP contribution < -0.4 is 4.72 Å². The molecular weight excluding hydrogens is 420 g/mol. The first-order chi connectivity index (χ1) is 15.5. The smallest absolute Gasteiger partial charge is 0.208 e. The molecule has 4 rings (SSSR count). The zero-order valence-corrected chi connectivity index (χ0v) is 19.8. The zero-order valence-electron chi connectivity index (χ0n) is 19.0. The minimum Gasteiger partial charge on any atom is -0.378 e. The van der Waals surface area contributed by atoms with Crippen molar-refractivity contribution in [1.82, 2.24) is 9.62 Å². The number of likely N-dealkylation sites (tertiary alicyclic amines) is 1. The van der Waals surface area contributed by atoms with Gasteiger partial charge < -0.3 is 4.74 Å². The Balaban J connectivity index is 1.32. The molecule has 2 aromatic carbocycles. The Morgan fingerprint density at radius 3 is 2.25 bits per heavy atom. The second-order valence-corrected chi connectivity index (χ2v) is 11.3. The van der Waals surface area contributed by atoms with E-state index >= 15 is 0 Å². The van der Waals surface area contributed by atoms with Crippen LogP contribution >= 0.6 is 0 Å². The number of nitrogens with one attached hydrogen (secondary N) is 1. The van der Waals surface area contributed by atoms with Crippen molar-refractivity contribution in [1.29, 1.82) is 0 Å². The maximum absolute atomic E-state index is 11.9. The fourth-order valence-corrected chi connectivity index (χ4v) is 6.10. The highest BCUT2D eigenvalue weighted by molar-refractivity contribution is 7.88. The molecule has 2 aromatic rings. The van der Waals surface area contributed by atoms with Crippen LogP contribution in [-0.4, -0.2) is 51.4 Å². The first kappa shape index (κ1) is 23.4. The van der Waals surface area contributed by atoms with Gasteiger partial charge in [-0.3, -0.25) is 4.90 Å². The Labute approximate surface area is 193 Å². The molecule has 32 heavy (non-hydrogen) atoms. The summed E-state index contributed by atoms with van der Waals surface area (Å²) in [6.07, 6.45) is 6.81. The quantitative estimate of drug-likeness (QED) is 0.648. The third-order valence-electron chi connectivity index (χ3n) is 6.92. The molecule has 1 saturated carbocycles. The number of hydrogen-bond acceptors (Lipinski definition) is 4. The van der Waals surface area contributed by atoms with Gasteiger partial charge in [-0.15, -0.1) is 0 Å². The number of sulfonamides is 1. The lowest BCUT2D eigenvalue weighted by atomic mass is 9.82. The maximum atomic E-state index is 11.9. The number of hydrogen-bond donors (Lipinski definition) is 1. The molecule has 0 aromatic heterocycles. The first-order valence-electron chi connectivity index (χ1n) is 11.9. The van der Waals surface area contributed by atoms with Gasteiger partial charge in [0.1, 0.15) is 0 Å². The normalized spacial score (nSPS) is 27.3. The van der Waals surface area contributed by atoms with Crippen LogP contribution in [0.1, 0.15) is 49.1 Å². The number of rotatable bonds is 8. The summed E-state index contributed by atoms with van der Waals surface area (Å²) in [6, 6.07) is 21.2. The molecule has 0 radical (unpaired) electrons. The molecule has 1 saturated heterocycles. The van der Waals surface area contributed by atoms with Crippen LogP contribution in [0.5, 0.6) is 0 Å². The summed E-state index contributed by atoms with van der Waals surface area (Å²) in [4.78, 5) is 2.43. The lowest BCUT2D eigenvalue weighted by Crippen LogP contribution is -2.52. The standard InChI is InChI=1S/C26H36N2O3S/c1-32(29,30)27-26-16-17-28(18-21-8-4-2-5-9-21)19-24(26)20-31-25-14-12-23(13-15-25)22-10-6-3-7-11-22/h2-11,23-27H,12-20H2,1H3/t23?,24?,25?,26-/m0/s1. The van der Waals surface area contributed by atoms with Gasteiger partial charge in [-0.1, -0.05) is 60.7 Å². The van der Waals surface area contributed by atoms with E-state index in [0.29, 0.717) is 12.5 Å². The summed E-state index contributed by atoms with van der Waals surface area (Å²) in [5.41, 5.74) is 2.73. The van der Waals surface area contributed by atoms with Crippen molar-refractivity contribution in [2.24, 2.45) is 5.92 Å². The Kier molecular flexibility index (Phi) is 8.00. The van der Waals surface area contributed by atoms with E-state index in [4.69, 9.17) is 4.74 Å². The monoisotopic (exact) mass is 456 g/mol. The molecule has 0 amide bonds. The molecule has 2 fully saturated rings. The molecule has 2 atom stereocenters. The first-order valence-corrected chi connectivity index (χ1v) is 13.8. The molecule has 174 valence electrons. The van der Waals surface area contributed by atoms with Crippen molar-refractivity contribution in [3.63, 3.8) is 0 Å². The number of ether oxygens (including phenoxy) is 1. The van der Waals surface area contributed by atoms with Crippen molar-refractivity contribution >= 4 is 10.0 Å². The van der Waals surface area contributed by atoms with Gasteiger partial charge in [0.05, 0.1) is 19.0 Å². The largest absolute Gasteiger partial charge is 0.378 e. The van der Waals surface area contributed by atoms with Gasteiger partial charge in [0.2, 0.25) is 10.0 Å².